The van der Waals surface area contributed by atoms with Crippen molar-refractivity contribution in [2.75, 3.05) is 19.6 Å². The van der Waals surface area contributed by atoms with Crippen LogP contribution in [0.3, 0.4) is 0 Å². The molecule has 14 heteroatoms. The van der Waals surface area contributed by atoms with Gasteiger partial charge in [0.2, 0.25) is 11.7 Å². The van der Waals surface area contributed by atoms with Crippen LogP contribution in [0.1, 0.15) is 24.0 Å². The Balaban J connectivity index is 1.51. The topological polar surface area (TPSA) is 110 Å². The number of imide groups is 1. The normalized spacial score (nSPS) is 17.1. The number of carbonyl (C=O) groups is 3. The third kappa shape index (κ3) is 5.96. The van der Waals surface area contributed by atoms with Crippen molar-refractivity contribution >= 4 is 56.5 Å². The van der Waals surface area contributed by atoms with Crippen molar-refractivity contribution in [2.45, 2.75) is 19.0 Å². The minimum absolute atomic E-state index is 0.0734. The Morgan fingerprint density at radius 3 is 2.43 bits per heavy atom. The summed E-state index contributed by atoms with van der Waals surface area (Å²) in [6, 6.07) is 6.34. The summed E-state index contributed by atoms with van der Waals surface area (Å²) >= 11 is 3.94. The molecule has 9 nitrogen and oxygen atoms in total. The zero-order chi connectivity index (χ0) is 26.9. The highest BCUT2D eigenvalue weighted by molar-refractivity contribution is 9.10. The molecule has 3 amide bonds. The van der Waals surface area contributed by atoms with E-state index in [4.69, 9.17) is 4.74 Å². The van der Waals surface area contributed by atoms with Crippen LogP contribution in [-0.2, 0) is 15.8 Å². The van der Waals surface area contributed by atoms with E-state index in [1.807, 2.05) is 0 Å². The molecule has 2 fully saturated rings. The highest BCUT2D eigenvalue weighted by Gasteiger charge is 2.37. The smallest absolute Gasteiger partial charge is 0.416 e. The lowest BCUT2D eigenvalue weighted by atomic mass is 10.1. The number of nitro groups is 1. The maximum atomic E-state index is 12.9. The molecule has 0 aromatic heterocycles. The quantitative estimate of drug-likeness (QED) is 0.233. The molecule has 0 atom stereocenters. The first-order valence-corrected chi connectivity index (χ1v) is 12.4. The summed E-state index contributed by atoms with van der Waals surface area (Å²) in [5.74, 6) is -1.21. The highest BCUT2D eigenvalue weighted by atomic mass is 79.9. The summed E-state index contributed by atoms with van der Waals surface area (Å²) in [6.45, 7) is 0.871. The molecule has 194 valence electrons. The Morgan fingerprint density at radius 2 is 1.81 bits per heavy atom. The third-order valence-corrected chi connectivity index (χ3v) is 7.11. The van der Waals surface area contributed by atoms with Gasteiger partial charge in [0.25, 0.3) is 11.1 Å². The maximum absolute atomic E-state index is 12.9. The number of alkyl halides is 3. The van der Waals surface area contributed by atoms with Gasteiger partial charge in [-0.3, -0.25) is 29.4 Å². The molecular formula is C23H17BrF3N3O6S. The molecule has 37 heavy (non-hydrogen) atoms. The highest BCUT2D eigenvalue weighted by Crippen LogP contribution is 2.40. The average molecular weight is 600 g/mol. The van der Waals surface area contributed by atoms with Crippen LogP contribution in [0.2, 0.25) is 0 Å². The van der Waals surface area contributed by atoms with E-state index in [2.05, 4.69) is 15.9 Å². The maximum Gasteiger partial charge on any atom is 0.416 e. The number of nitro benzene ring substituents is 1. The monoisotopic (exact) mass is 599 g/mol. The standard InChI is InChI=1S/C23H17BrF3N3O6S/c24-15-9-13(10-19-21(32)29(22(33)37-19)12-20(31)28-7-1-2-8-28)3-5-17(15)36-18-6-4-14(23(25,26)27)11-16(18)30(34)35/h3-6,9-11H,1-2,7-8,12H2/b19-10+. The van der Waals surface area contributed by atoms with Crippen LogP contribution in [0, 0.1) is 10.1 Å². The van der Waals surface area contributed by atoms with Gasteiger partial charge in [-0.1, -0.05) is 6.07 Å². The number of ether oxygens (including phenoxy) is 1. The molecule has 4 rings (SSSR count). The van der Waals surface area contributed by atoms with Crippen LogP contribution in [0.15, 0.2) is 45.8 Å². The summed E-state index contributed by atoms with van der Waals surface area (Å²) in [4.78, 5) is 50.4. The number of nitrogens with zero attached hydrogens (tertiary/aromatic N) is 3. The Kier molecular flexibility index (Phi) is 7.59. The summed E-state index contributed by atoms with van der Waals surface area (Å²) in [5, 5.41) is 10.7. The van der Waals surface area contributed by atoms with Gasteiger partial charge in [-0.25, -0.2) is 0 Å². The first kappa shape index (κ1) is 26.7. The van der Waals surface area contributed by atoms with Gasteiger partial charge in [0, 0.05) is 19.2 Å². The number of hydrogen-bond acceptors (Lipinski definition) is 7. The van der Waals surface area contributed by atoms with E-state index in [-0.39, 0.29) is 23.1 Å². The average Bonchev–Trinajstić information content (AvgIpc) is 3.45. The Morgan fingerprint density at radius 1 is 1.14 bits per heavy atom. The fourth-order valence-corrected chi connectivity index (χ4v) is 5.04. The number of likely N-dealkylation sites (tertiary alicyclic amines) is 1. The lowest BCUT2D eigenvalue weighted by Crippen LogP contribution is -2.40. The lowest BCUT2D eigenvalue weighted by Gasteiger charge is -2.18. The SMILES string of the molecule is O=C(CN1C(=O)S/C(=C/c2ccc(Oc3ccc(C(F)(F)F)cc3[N+](=O)[O-])c(Br)c2)C1=O)N1CCCC1. The van der Waals surface area contributed by atoms with Gasteiger partial charge >= 0.3 is 11.9 Å². The molecule has 0 unspecified atom stereocenters. The van der Waals surface area contributed by atoms with Gasteiger partial charge in [0.1, 0.15) is 12.3 Å². The van der Waals surface area contributed by atoms with E-state index >= 15 is 0 Å². The Bertz CT molecular complexity index is 1330. The van der Waals surface area contributed by atoms with Gasteiger partial charge in [-0.05, 0) is 76.4 Å². The first-order chi connectivity index (χ1) is 17.4. The van der Waals surface area contributed by atoms with Gasteiger partial charge in [-0.2, -0.15) is 13.2 Å². The van der Waals surface area contributed by atoms with Gasteiger partial charge in [-0.15, -0.1) is 0 Å². The molecule has 2 aliphatic heterocycles. The number of rotatable bonds is 6. The van der Waals surface area contributed by atoms with Crippen LogP contribution < -0.4 is 4.74 Å². The summed E-state index contributed by atoms with van der Waals surface area (Å²) in [7, 11) is 0. The van der Waals surface area contributed by atoms with Crippen LogP contribution in [0.5, 0.6) is 11.5 Å². The van der Waals surface area contributed by atoms with E-state index in [9.17, 15) is 37.7 Å². The van der Waals surface area contributed by atoms with E-state index in [1.165, 1.54) is 24.3 Å². The van der Waals surface area contributed by atoms with Crippen molar-refractivity contribution in [1.82, 2.24) is 9.80 Å². The van der Waals surface area contributed by atoms with Crippen LogP contribution in [0.25, 0.3) is 6.08 Å². The molecule has 0 N–H and O–H groups in total. The molecule has 2 aliphatic rings. The van der Waals surface area contributed by atoms with E-state index in [1.54, 1.807) is 4.90 Å². The predicted molar refractivity (Wildman–Crippen MR) is 131 cm³/mol. The number of halogens is 4. The fourth-order valence-electron chi connectivity index (χ4n) is 3.72. The third-order valence-electron chi connectivity index (χ3n) is 5.58. The van der Waals surface area contributed by atoms with Crippen molar-refractivity contribution < 1.29 is 37.2 Å². The molecule has 0 saturated carbocycles. The predicted octanol–water partition coefficient (Wildman–Crippen LogP) is 5.83. The van der Waals surface area contributed by atoms with Crippen LogP contribution in [0.4, 0.5) is 23.7 Å². The van der Waals surface area contributed by atoms with Crippen molar-refractivity contribution in [3.8, 4) is 11.5 Å². The van der Waals surface area contributed by atoms with Crippen molar-refractivity contribution in [2.24, 2.45) is 0 Å². The number of thioether (sulfide) groups is 1. The molecule has 2 aromatic rings. The van der Waals surface area contributed by atoms with Crippen molar-refractivity contribution in [3.63, 3.8) is 0 Å². The second kappa shape index (κ2) is 10.5. The second-order valence-electron chi connectivity index (χ2n) is 8.09. The van der Waals surface area contributed by atoms with Gasteiger partial charge in [0.05, 0.1) is 19.9 Å². The number of carbonyl (C=O) groups excluding carboxylic acids is 3. The molecule has 0 radical (unpaired) electrons. The van der Waals surface area contributed by atoms with E-state index in [0.29, 0.717) is 47.0 Å². The molecule has 0 spiro atoms. The van der Waals surface area contributed by atoms with E-state index < -0.39 is 39.2 Å². The van der Waals surface area contributed by atoms with Crippen molar-refractivity contribution in [3.05, 3.63) is 67.0 Å². The fraction of sp³-hybridized carbons (Fsp3) is 0.261. The Labute approximate surface area is 220 Å². The molecule has 0 bridgehead atoms. The van der Waals surface area contributed by atoms with Crippen molar-refractivity contribution in [1.29, 1.82) is 0 Å². The molecule has 2 saturated heterocycles. The number of benzene rings is 2. The number of hydrogen-bond donors (Lipinski definition) is 0. The number of amides is 3. The largest absolute Gasteiger partial charge is 0.449 e. The first-order valence-electron chi connectivity index (χ1n) is 10.8. The van der Waals surface area contributed by atoms with Gasteiger partial charge in [0.15, 0.2) is 0 Å². The Hall–Kier alpha value is -3.39. The zero-order valence-corrected chi connectivity index (χ0v) is 21.2. The van der Waals surface area contributed by atoms with E-state index in [0.717, 1.165) is 23.8 Å². The van der Waals surface area contributed by atoms with Crippen LogP contribution >= 0.6 is 27.7 Å². The molecule has 0 aliphatic carbocycles. The second-order valence-corrected chi connectivity index (χ2v) is 9.93. The van der Waals surface area contributed by atoms with Crippen LogP contribution in [-0.4, -0.2) is 51.4 Å². The van der Waals surface area contributed by atoms with Gasteiger partial charge < -0.3 is 9.64 Å². The summed E-state index contributed by atoms with van der Waals surface area (Å²) in [5.41, 5.74) is -1.57. The summed E-state index contributed by atoms with van der Waals surface area (Å²) < 4.78 is 44.6. The summed E-state index contributed by atoms with van der Waals surface area (Å²) in [6.07, 6.45) is -1.55. The zero-order valence-electron chi connectivity index (χ0n) is 18.8. The molecular weight excluding hydrogens is 583 g/mol. The molecule has 2 aromatic carbocycles. The molecule has 2 heterocycles. The lowest BCUT2D eigenvalue weighted by molar-refractivity contribution is -0.385. The minimum Gasteiger partial charge on any atom is -0.449 e. The minimum atomic E-state index is -4.76.